The molecule has 1 saturated heterocycles. The standard InChI is InChI=1S/C27H44F2N2O2/c1-30-19-24(18-21-11-13-23(28)14-12-21)31-16-7-8-22(20-31)27(32,15-5-6-17-33-2)25-9-3-4-10-26(25)29/h3-4,9-10,21-24,30,32H,5-8,11-20H2,1-2H3/t21?,22?,23?,24?,27-/m1/s1. The van der Waals surface area contributed by atoms with Gasteiger partial charge < -0.3 is 15.2 Å². The molecule has 2 unspecified atom stereocenters. The largest absolute Gasteiger partial charge is 0.385 e. The van der Waals surface area contributed by atoms with E-state index in [2.05, 4.69) is 10.2 Å². The van der Waals surface area contributed by atoms with Crippen LogP contribution < -0.4 is 5.32 Å². The Bertz CT molecular complexity index is 698. The van der Waals surface area contributed by atoms with Gasteiger partial charge in [-0.3, -0.25) is 4.90 Å². The van der Waals surface area contributed by atoms with Crippen LogP contribution in [0.25, 0.3) is 0 Å². The van der Waals surface area contributed by atoms with E-state index in [1.807, 2.05) is 13.1 Å². The maximum Gasteiger partial charge on any atom is 0.129 e. The summed E-state index contributed by atoms with van der Waals surface area (Å²) in [4.78, 5) is 2.51. The predicted octanol–water partition coefficient (Wildman–Crippen LogP) is 5.05. The summed E-state index contributed by atoms with van der Waals surface area (Å²) < 4.78 is 33.7. The fourth-order valence-corrected chi connectivity index (χ4v) is 6.08. The van der Waals surface area contributed by atoms with Crippen molar-refractivity contribution in [1.29, 1.82) is 0 Å². The number of methoxy groups -OCH3 is 1. The van der Waals surface area contributed by atoms with Gasteiger partial charge >= 0.3 is 0 Å². The molecule has 1 aliphatic heterocycles. The number of piperidine rings is 1. The van der Waals surface area contributed by atoms with Gasteiger partial charge in [0.1, 0.15) is 12.0 Å². The Hall–Kier alpha value is -1.08. The molecule has 2 fully saturated rings. The van der Waals surface area contributed by atoms with Gasteiger partial charge in [0, 0.05) is 44.3 Å². The highest BCUT2D eigenvalue weighted by Crippen LogP contribution is 2.41. The number of alkyl halides is 1. The van der Waals surface area contributed by atoms with Crippen molar-refractivity contribution in [1.82, 2.24) is 10.2 Å². The summed E-state index contributed by atoms with van der Waals surface area (Å²) in [6.45, 7) is 3.29. The van der Waals surface area contributed by atoms with Gasteiger partial charge in [-0.1, -0.05) is 18.2 Å². The molecule has 0 amide bonds. The highest BCUT2D eigenvalue weighted by atomic mass is 19.1. The summed E-state index contributed by atoms with van der Waals surface area (Å²) in [5.74, 6) is 0.223. The molecule has 188 valence electrons. The third-order valence-electron chi connectivity index (χ3n) is 7.96. The monoisotopic (exact) mass is 466 g/mol. The lowest BCUT2D eigenvalue weighted by Gasteiger charge is -2.46. The molecule has 1 aliphatic carbocycles. The molecule has 1 aromatic carbocycles. The van der Waals surface area contributed by atoms with Crippen LogP contribution in [0.1, 0.15) is 69.8 Å². The van der Waals surface area contributed by atoms with Crippen molar-refractivity contribution in [3.63, 3.8) is 0 Å². The first kappa shape index (κ1) is 26.5. The third-order valence-corrected chi connectivity index (χ3v) is 7.96. The van der Waals surface area contributed by atoms with Gasteiger partial charge in [-0.05, 0) is 89.8 Å². The van der Waals surface area contributed by atoms with Crippen LogP contribution in [0.15, 0.2) is 24.3 Å². The molecule has 1 aromatic rings. The number of unbranched alkanes of at least 4 members (excludes halogenated alkanes) is 1. The van der Waals surface area contributed by atoms with E-state index in [0.717, 1.165) is 64.6 Å². The summed E-state index contributed by atoms with van der Waals surface area (Å²) in [5.41, 5.74) is -0.755. The number of benzene rings is 1. The van der Waals surface area contributed by atoms with Crippen LogP contribution in [0.3, 0.4) is 0 Å². The van der Waals surface area contributed by atoms with E-state index < -0.39 is 11.8 Å². The highest BCUT2D eigenvalue weighted by Gasteiger charge is 2.43. The lowest BCUT2D eigenvalue weighted by Crippen LogP contribution is -2.52. The molecule has 2 N–H and O–H groups in total. The average Bonchev–Trinajstić information content (AvgIpc) is 2.83. The lowest BCUT2D eigenvalue weighted by molar-refractivity contribution is -0.0712. The second-order valence-corrected chi connectivity index (χ2v) is 10.3. The molecule has 0 bridgehead atoms. The quantitative estimate of drug-likeness (QED) is 0.423. The summed E-state index contributed by atoms with van der Waals surface area (Å²) >= 11 is 0. The zero-order valence-electron chi connectivity index (χ0n) is 20.6. The van der Waals surface area contributed by atoms with Crippen LogP contribution in [-0.2, 0) is 10.3 Å². The normalized spacial score (nSPS) is 27.2. The molecule has 0 spiro atoms. The molecule has 3 rings (SSSR count). The summed E-state index contributed by atoms with van der Waals surface area (Å²) in [5, 5.41) is 15.4. The van der Waals surface area contributed by atoms with Gasteiger partial charge in [0.25, 0.3) is 0 Å². The molecule has 2 aliphatic rings. The Kier molecular flexibility index (Phi) is 10.6. The van der Waals surface area contributed by atoms with Gasteiger partial charge in [0.15, 0.2) is 0 Å². The van der Waals surface area contributed by atoms with Crippen LogP contribution >= 0.6 is 0 Å². The molecular formula is C27H44F2N2O2. The third kappa shape index (κ3) is 7.20. The summed E-state index contributed by atoms with van der Waals surface area (Å²) in [6.07, 6.45) is 7.82. The minimum Gasteiger partial charge on any atom is -0.385 e. The number of likely N-dealkylation sites (N-methyl/N-ethyl adjacent to an activating group) is 1. The van der Waals surface area contributed by atoms with Crippen LogP contribution in [0.5, 0.6) is 0 Å². The first-order valence-corrected chi connectivity index (χ1v) is 13.0. The topological polar surface area (TPSA) is 44.7 Å². The molecule has 6 heteroatoms. The minimum absolute atomic E-state index is 0.0216. The number of ether oxygens (including phenoxy) is 1. The molecule has 0 aromatic heterocycles. The fraction of sp³-hybridized carbons (Fsp3) is 0.778. The Balaban J connectivity index is 1.74. The summed E-state index contributed by atoms with van der Waals surface area (Å²) in [6, 6.07) is 7.08. The number of aliphatic hydroxyl groups is 1. The Morgan fingerprint density at radius 3 is 2.64 bits per heavy atom. The molecule has 1 heterocycles. The molecule has 1 saturated carbocycles. The van der Waals surface area contributed by atoms with E-state index in [1.165, 1.54) is 6.07 Å². The fourth-order valence-electron chi connectivity index (χ4n) is 6.08. The van der Waals surface area contributed by atoms with E-state index in [4.69, 9.17) is 4.74 Å². The van der Waals surface area contributed by atoms with E-state index in [1.54, 1.807) is 19.2 Å². The molecule has 3 atom stereocenters. The van der Waals surface area contributed by atoms with E-state index in [0.29, 0.717) is 43.4 Å². The molecule has 0 radical (unpaired) electrons. The van der Waals surface area contributed by atoms with Gasteiger partial charge in [-0.2, -0.15) is 0 Å². The number of halogens is 2. The second kappa shape index (κ2) is 13.1. The number of hydrogen-bond donors (Lipinski definition) is 2. The average molecular weight is 467 g/mol. The number of likely N-dealkylation sites (tertiary alicyclic amines) is 1. The minimum atomic E-state index is -1.19. The summed E-state index contributed by atoms with van der Waals surface area (Å²) in [7, 11) is 3.67. The van der Waals surface area contributed by atoms with E-state index in [-0.39, 0.29) is 11.7 Å². The van der Waals surface area contributed by atoms with Crippen molar-refractivity contribution in [2.75, 3.05) is 40.4 Å². The van der Waals surface area contributed by atoms with Crippen LogP contribution in [0.2, 0.25) is 0 Å². The van der Waals surface area contributed by atoms with Gasteiger partial charge in [0.05, 0.1) is 5.60 Å². The Morgan fingerprint density at radius 1 is 1.18 bits per heavy atom. The predicted molar refractivity (Wildman–Crippen MR) is 130 cm³/mol. The van der Waals surface area contributed by atoms with Crippen LogP contribution in [0, 0.1) is 17.7 Å². The van der Waals surface area contributed by atoms with E-state index >= 15 is 0 Å². The van der Waals surface area contributed by atoms with Gasteiger partial charge in [-0.15, -0.1) is 0 Å². The number of nitrogens with zero attached hydrogens (tertiary/aromatic N) is 1. The van der Waals surface area contributed by atoms with Crippen molar-refractivity contribution < 1.29 is 18.6 Å². The number of rotatable bonds is 12. The molecule has 33 heavy (non-hydrogen) atoms. The molecular weight excluding hydrogens is 422 g/mol. The zero-order valence-corrected chi connectivity index (χ0v) is 20.6. The Labute approximate surface area is 199 Å². The maximum atomic E-state index is 14.9. The smallest absolute Gasteiger partial charge is 0.129 e. The first-order valence-electron chi connectivity index (χ1n) is 13.0. The highest BCUT2D eigenvalue weighted by molar-refractivity contribution is 5.26. The Morgan fingerprint density at radius 2 is 1.94 bits per heavy atom. The zero-order chi connectivity index (χ0) is 23.7. The van der Waals surface area contributed by atoms with Gasteiger partial charge in [-0.25, -0.2) is 8.78 Å². The van der Waals surface area contributed by atoms with Crippen LogP contribution in [0.4, 0.5) is 8.78 Å². The molecule has 4 nitrogen and oxygen atoms in total. The van der Waals surface area contributed by atoms with Crippen molar-refractivity contribution in [3.05, 3.63) is 35.6 Å². The lowest BCUT2D eigenvalue weighted by atomic mass is 9.73. The van der Waals surface area contributed by atoms with E-state index in [9.17, 15) is 13.9 Å². The number of nitrogens with one attached hydrogen (secondary N) is 1. The number of hydrogen-bond acceptors (Lipinski definition) is 4. The second-order valence-electron chi connectivity index (χ2n) is 10.3. The van der Waals surface area contributed by atoms with Gasteiger partial charge in [0.2, 0.25) is 0 Å². The van der Waals surface area contributed by atoms with Crippen molar-refractivity contribution in [2.45, 2.75) is 82.0 Å². The first-order chi connectivity index (χ1) is 16.0. The van der Waals surface area contributed by atoms with Crippen molar-refractivity contribution in [2.24, 2.45) is 11.8 Å². The maximum absolute atomic E-state index is 14.9. The SMILES string of the molecule is CNCC(CC1CCC(F)CC1)N1CCCC([C@](O)(CCCCOC)c2ccccc2F)C1. The van der Waals surface area contributed by atoms with Crippen molar-refractivity contribution in [3.8, 4) is 0 Å². The van der Waals surface area contributed by atoms with Crippen LogP contribution in [-0.4, -0.2) is 62.6 Å². The van der Waals surface area contributed by atoms with Crippen molar-refractivity contribution >= 4 is 0 Å².